The van der Waals surface area contributed by atoms with Crippen molar-refractivity contribution in [1.82, 2.24) is 19.7 Å². The second-order valence-corrected chi connectivity index (χ2v) is 7.57. The normalized spacial score (nSPS) is 21.0. The second kappa shape index (κ2) is 6.74. The quantitative estimate of drug-likeness (QED) is 0.828. The van der Waals surface area contributed by atoms with Crippen LogP contribution < -0.4 is 4.74 Å². The average molecular weight is 354 g/mol. The van der Waals surface area contributed by atoms with Crippen molar-refractivity contribution in [2.45, 2.75) is 45.1 Å². The zero-order valence-electron chi connectivity index (χ0n) is 15.5. The van der Waals surface area contributed by atoms with Gasteiger partial charge < -0.3 is 14.2 Å². The van der Waals surface area contributed by atoms with E-state index in [2.05, 4.69) is 21.7 Å². The highest BCUT2D eigenvalue weighted by atomic mass is 16.5. The maximum atomic E-state index is 13.1. The molecular weight excluding hydrogens is 328 g/mol. The molecule has 1 atom stereocenters. The number of aryl methyl sites for hydroxylation is 1. The molecule has 4 rings (SSSR count). The first kappa shape index (κ1) is 17.1. The van der Waals surface area contributed by atoms with Gasteiger partial charge in [-0.25, -0.2) is 0 Å². The van der Waals surface area contributed by atoms with Gasteiger partial charge in [-0.2, -0.15) is 0 Å². The standard InChI is InChI=1S/C20H26N4O2/c1-3-10-23-14-21-22-18(23)17-12-24(13-20(17)8-5-9-20)19(25)15-6-4-7-16(11-15)26-2/h4,6-7,11,14,17H,3,5,8-10,12-13H2,1-2H3. The van der Waals surface area contributed by atoms with Gasteiger partial charge in [0, 0.05) is 31.1 Å². The zero-order valence-corrected chi connectivity index (χ0v) is 15.5. The number of rotatable bonds is 5. The summed E-state index contributed by atoms with van der Waals surface area (Å²) in [5.74, 6) is 2.12. The third kappa shape index (κ3) is 2.77. The van der Waals surface area contributed by atoms with Crippen molar-refractivity contribution in [3.63, 3.8) is 0 Å². The number of methoxy groups -OCH3 is 1. The predicted molar refractivity (Wildman–Crippen MR) is 98.2 cm³/mol. The number of benzene rings is 1. The summed E-state index contributed by atoms with van der Waals surface area (Å²) in [5.41, 5.74) is 0.863. The van der Waals surface area contributed by atoms with Gasteiger partial charge in [0.05, 0.1) is 7.11 Å². The van der Waals surface area contributed by atoms with Crippen LogP contribution in [0.25, 0.3) is 0 Å². The third-order valence-corrected chi connectivity index (χ3v) is 6.02. The summed E-state index contributed by atoms with van der Waals surface area (Å²) in [4.78, 5) is 15.1. The van der Waals surface area contributed by atoms with E-state index in [-0.39, 0.29) is 17.2 Å². The summed E-state index contributed by atoms with van der Waals surface area (Å²) in [6, 6.07) is 7.43. The van der Waals surface area contributed by atoms with E-state index < -0.39 is 0 Å². The van der Waals surface area contributed by atoms with E-state index in [1.165, 1.54) is 19.3 Å². The lowest BCUT2D eigenvalue weighted by Crippen LogP contribution is -2.38. The van der Waals surface area contributed by atoms with Gasteiger partial charge in [0.15, 0.2) is 0 Å². The van der Waals surface area contributed by atoms with Crippen molar-refractivity contribution < 1.29 is 9.53 Å². The lowest BCUT2D eigenvalue weighted by molar-refractivity contribution is 0.0723. The summed E-state index contributed by atoms with van der Waals surface area (Å²) in [6.07, 6.45) is 6.45. The number of hydrogen-bond acceptors (Lipinski definition) is 4. The monoisotopic (exact) mass is 354 g/mol. The van der Waals surface area contributed by atoms with Crippen LogP contribution in [0, 0.1) is 5.41 Å². The molecule has 1 amide bonds. The van der Waals surface area contributed by atoms with Crippen molar-refractivity contribution in [2.24, 2.45) is 5.41 Å². The summed E-state index contributed by atoms with van der Waals surface area (Å²) >= 11 is 0. The van der Waals surface area contributed by atoms with E-state index in [0.717, 1.165) is 31.9 Å². The van der Waals surface area contributed by atoms with E-state index in [4.69, 9.17) is 4.74 Å². The fourth-order valence-corrected chi connectivity index (χ4v) is 4.50. The van der Waals surface area contributed by atoms with Crippen LogP contribution in [0.3, 0.4) is 0 Å². The van der Waals surface area contributed by atoms with Gasteiger partial charge in [-0.3, -0.25) is 4.79 Å². The molecule has 1 saturated heterocycles. The molecule has 6 nitrogen and oxygen atoms in total. The topological polar surface area (TPSA) is 60.2 Å². The molecule has 26 heavy (non-hydrogen) atoms. The van der Waals surface area contributed by atoms with Crippen LogP contribution in [0.5, 0.6) is 5.75 Å². The second-order valence-electron chi connectivity index (χ2n) is 7.57. The Morgan fingerprint density at radius 2 is 2.23 bits per heavy atom. The minimum Gasteiger partial charge on any atom is -0.497 e. The van der Waals surface area contributed by atoms with Crippen LogP contribution in [0.1, 0.15) is 54.7 Å². The molecular formula is C20H26N4O2. The highest BCUT2D eigenvalue weighted by molar-refractivity contribution is 5.95. The van der Waals surface area contributed by atoms with Crippen molar-refractivity contribution in [3.05, 3.63) is 42.0 Å². The molecule has 138 valence electrons. The smallest absolute Gasteiger partial charge is 0.254 e. The van der Waals surface area contributed by atoms with E-state index >= 15 is 0 Å². The Labute approximate surface area is 154 Å². The molecule has 0 bridgehead atoms. The van der Waals surface area contributed by atoms with E-state index in [1.54, 1.807) is 7.11 Å². The molecule has 1 unspecified atom stereocenters. The Balaban J connectivity index is 1.60. The summed E-state index contributed by atoms with van der Waals surface area (Å²) < 4.78 is 7.44. The van der Waals surface area contributed by atoms with Gasteiger partial charge in [-0.05, 0) is 42.9 Å². The first-order valence-electron chi connectivity index (χ1n) is 9.48. The van der Waals surface area contributed by atoms with Gasteiger partial charge in [0.25, 0.3) is 5.91 Å². The van der Waals surface area contributed by atoms with Gasteiger partial charge in [0.2, 0.25) is 0 Å². The van der Waals surface area contributed by atoms with Gasteiger partial charge in [-0.1, -0.05) is 19.4 Å². The van der Waals surface area contributed by atoms with E-state index in [9.17, 15) is 4.79 Å². The fraction of sp³-hybridized carbons (Fsp3) is 0.550. The molecule has 1 aromatic carbocycles. The maximum absolute atomic E-state index is 13.1. The van der Waals surface area contributed by atoms with Gasteiger partial charge in [0.1, 0.15) is 17.9 Å². The number of carbonyl (C=O) groups is 1. The number of aromatic nitrogens is 3. The Hall–Kier alpha value is -2.37. The molecule has 0 N–H and O–H groups in total. The number of likely N-dealkylation sites (tertiary alicyclic amines) is 1. The largest absolute Gasteiger partial charge is 0.497 e. The maximum Gasteiger partial charge on any atom is 0.254 e. The van der Waals surface area contributed by atoms with Gasteiger partial charge in [-0.15, -0.1) is 10.2 Å². The molecule has 2 aliphatic rings. The minimum atomic E-state index is 0.0826. The van der Waals surface area contributed by atoms with Gasteiger partial charge >= 0.3 is 0 Å². The number of ether oxygens (including phenoxy) is 1. The van der Waals surface area contributed by atoms with Crippen molar-refractivity contribution in [1.29, 1.82) is 0 Å². The van der Waals surface area contributed by atoms with Crippen LogP contribution >= 0.6 is 0 Å². The predicted octanol–water partition coefficient (Wildman–Crippen LogP) is 3.11. The minimum absolute atomic E-state index is 0.0826. The molecule has 1 aliphatic carbocycles. The molecule has 2 aromatic rings. The summed E-state index contributed by atoms with van der Waals surface area (Å²) in [6.45, 7) is 4.63. The highest BCUT2D eigenvalue weighted by Gasteiger charge is 2.53. The molecule has 1 aliphatic heterocycles. The number of amides is 1. The fourth-order valence-electron chi connectivity index (χ4n) is 4.50. The van der Waals surface area contributed by atoms with E-state index in [1.807, 2.05) is 35.5 Å². The lowest BCUT2D eigenvalue weighted by Gasteiger charge is -2.42. The Kier molecular flexibility index (Phi) is 4.42. The lowest BCUT2D eigenvalue weighted by atomic mass is 9.62. The highest BCUT2D eigenvalue weighted by Crippen LogP contribution is 2.55. The molecule has 2 heterocycles. The van der Waals surface area contributed by atoms with Crippen molar-refractivity contribution >= 4 is 5.91 Å². The number of nitrogens with zero attached hydrogens (tertiary/aromatic N) is 4. The average Bonchev–Trinajstić information content (AvgIpc) is 3.25. The summed E-state index contributed by atoms with van der Waals surface area (Å²) in [7, 11) is 1.62. The van der Waals surface area contributed by atoms with Crippen LogP contribution in [-0.4, -0.2) is 45.8 Å². The van der Waals surface area contributed by atoms with Crippen LogP contribution in [0.15, 0.2) is 30.6 Å². The van der Waals surface area contributed by atoms with Crippen LogP contribution in [0.2, 0.25) is 0 Å². The first-order valence-corrected chi connectivity index (χ1v) is 9.48. The number of carbonyl (C=O) groups excluding carboxylic acids is 1. The van der Waals surface area contributed by atoms with E-state index in [0.29, 0.717) is 11.3 Å². The molecule has 1 aromatic heterocycles. The summed E-state index contributed by atoms with van der Waals surface area (Å²) in [5, 5.41) is 8.60. The Morgan fingerprint density at radius 3 is 2.92 bits per heavy atom. The van der Waals surface area contributed by atoms with Crippen LogP contribution in [-0.2, 0) is 6.54 Å². The Bertz CT molecular complexity index is 797. The number of hydrogen-bond donors (Lipinski definition) is 0. The third-order valence-electron chi connectivity index (χ3n) is 6.02. The van der Waals surface area contributed by atoms with Crippen LogP contribution in [0.4, 0.5) is 0 Å². The zero-order chi connectivity index (χ0) is 18.1. The molecule has 1 saturated carbocycles. The molecule has 2 fully saturated rings. The SMILES string of the molecule is CCCn1cnnc1C1CN(C(=O)c2cccc(OC)c2)CC12CCC2. The van der Waals surface area contributed by atoms with Crippen molar-refractivity contribution in [3.8, 4) is 5.75 Å². The van der Waals surface area contributed by atoms with Crippen molar-refractivity contribution in [2.75, 3.05) is 20.2 Å². The molecule has 1 spiro atoms. The first-order chi connectivity index (χ1) is 12.7. The molecule has 0 radical (unpaired) electrons. The Morgan fingerprint density at radius 1 is 1.38 bits per heavy atom. The molecule has 6 heteroatoms.